The van der Waals surface area contributed by atoms with E-state index < -0.39 is 0 Å². The van der Waals surface area contributed by atoms with Gasteiger partial charge < -0.3 is 9.88 Å². The number of anilines is 1. The highest BCUT2D eigenvalue weighted by Gasteiger charge is 2.08. The molecule has 1 heterocycles. The summed E-state index contributed by atoms with van der Waals surface area (Å²) in [5.41, 5.74) is 2.99. The molecule has 0 bridgehead atoms. The molecular formula is C10H12ClN3. The van der Waals surface area contributed by atoms with E-state index in [9.17, 15) is 0 Å². The average Bonchev–Trinajstić information content (AvgIpc) is 2.56. The molecule has 2 rings (SSSR count). The first-order valence-electron chi connectivity index (χ1n) is 4.41. The summed E-state index contributed by atoms with van der Waals surface area (Å²) in [6.45, 7) is 1.98. The lowest BCUT2D eigenvalue weighted by Crippen LogP contribution is -2.09. The molecule has 1 aromatic heterocycles. The molecule has 0 fully saturated rings. The Morgan fingerprint density at radius 3 is 2.71 bits per heavy atom. The van der Waals surface area contributed by atoms with Crippen LogP contribution in [0.15, 0.2) is 12.1 Å². The molecule has 4 heteroatoms. The van der Waals surface area contributed by atoms with Crippen molar-refractivity contribution in [3.8, 4) is 0 Å². The van der Waals surface area contributed by atoms with Gasteiger partial charge in [-0.3, -0.25) is 0 Å². The lowest BCUT2D eigenvalue weighted by atomic mass is 10.2. The Hall–Kier alpha value is -1.22. The molecule has 0 atom stereocenters. The van der Waals surface area contributed by atoms with Gasteiger partial charge in [0, 0.05) is 19.1 Å². The third-order valence-electron chi connectivity index (χ3n) is 2.25. The zero-order chi connectivity index (χ0) is 10.3. The van der Waals surface area contributed by atoms with Gasteiger partial charge in [0.1, 0.15) is 0 Å². The highest BCUT2D eigenvalue weighted by atomic mass is 35.5. The van der Waals surface area contributed by atoms with E-state index >= 15 is 0 Å². The summed E-state index contributed by atoms with van der Waals surface area (Å²) in [4.78, 5) is 9.62. The number of nitrogens with zero attached hydrogens (tertiary/aromatic N) is 2. The molecule has 0 amide bonds. The largest absolute Gasteiger partial charge is 0.349 e. The molecule has 0 spiro atoms. The first kappa shape index (κ1) is 9.34. The first-order valence-corrected chi connectivity index (χ1v) is 4.79. The molecule has 0 aliphatic carbocycles. The topological polar surface area (TPSA) is 31.9 Å². The molecule has 14 heavy (non-hydrogen) atoms. The molecule has 2 aromatic rings. The number of hydrogen-bond donors (Lipinski definition) is 1. The van der Waals surface area contributed by atoms with Gasteiger partial charge in [0.15, 0.2) is 0 Å². The van der Waals surface area contributed by atoms with Crippen molar-refractivity contribution in [3.05, 3.63) is 22.7 Å². The van der Waals surface area contributed by atoms with Crippen LogP contribution in [0.1, 0.15) is 5.56 Å². The van der Waals surface area contributed by atoms with Gasteiger partial charge in [-0.15, -0.1) is 0 Å². The van der Waals surface area contributed by atoms with Crippen LogP contribution in [0.4, 0.5) is 5.95 Å². The molecule has 0 saturated carbocycles. The molecule has 0 radical (unpaired) electrons. The summed E-state index contributed by atoms with van der Waals surface area (Å²) < 4.78 is 0. The van der Waals surface area contributed by atoms with Gasteiger partial charge in [0.05, 0.1) is 11.0 Å². The number of aromatic amines is 1. The minimum atomic E-state index is 0.759. The van der Waals surface area contributed by atoms with Crippen molar-refractivity contribution < 1.29 is 0 Å². The zero-order valence-corrected chi connectivity index (χ0v) is 9.18. The molecular weight excluding hydrogens is 198 g/mol. The number of nitrogens with one attached hydrogen (secondary N) is 1. The number of aromatic nitrogens is 2. The van der Waals surface area contributed by atoms with Crippen LogP contribution in [0.3, 0.4) is 0 Å². The van der Waals surface area contributed by atoms with Crippen LogP contribution in [-0.4, -0.2) is 24.1 Å². The van der Waals surface area contributed by atoms with Crippen molar-refractivity contribution in [1.29, 1.82) is 0 Å². The summed E-state index contributed by atoms with van der Waals surface area (Å²) >= 11 is 6.01. The van der Waals surface area contributed by atoms with Crippen molar-refractivity contribution in [2.45, 2.75) is 6.92 Å². The predicted octanol–water partition coefficient (Wildman–Crippen LogP) is 2.59. The maximum absolute atomic E-state index is 6.01. The quantitative estimate of drug-likeness (QED) is 0.783. The Labute approximate surface area is 87.7 Å². The molecule has 3 nitrogen and oxygen atoms in total. The van der Waals surface area contributed by atoms with E-state index in [1.807, 2.05) is 38.1 Å². The summed E-state index contributed by atoms with van der Waals surface area (Å²) in [5, 5.41) is 0.759. The number of aryl methyl sites for hydroxylation is 1. The predicted molar refractivity (Wildman–Crippen MR) is 60.2 cm³/mol. The second-order valence-corrected chi connectivity index (χ2v) is 3.93. The van der Waals surface area contributed by atoms with Crippen molar-refractivity contribution in [3.63, 3.8) is 0 Å². The van der Waals surface area contributed by atoms with Gasteiger partial charge in [-0.05, 0) is 24.6 Å². The lowest BCUT2D eigenvalue weighted by molar-refractivity contribution is 1.05. The molecule has 74 valence electrons. The Morgan fingerprint density at radius 1 is 1.36 bits per heavy atom. The number of H-pyrrole nitrogens is 1. The van der Waals surface area contributed by atoms with E-state index in [1.54, 1.807) is 0 Å². The monoisotopic (exact) mass is 209 g/mol. The molecule has 0 saturated heterocycles. The first-order chi connectivity index (χ1) is 6.59. The third kappa shape index (κ3) is 1.34. The number of hydrogen-bond acceptors (Lipinski definition) is 2. The summed E-state index contributed by atoms with van der Waals surface area (Å²) in [5.74, 6) is 0.852. The van der Waals surface area contributed by atoms with E-state index in [0.717, 1.165) is 27.6 Å². The number of benzene rings is 1. The standard InChI is InChI=1S/C10H12ClN3/c1-6-7(11)4-5-8-9(6)13-10(12-8)14(2)3/h4-5H,1-3H3,(H,12,13). The summed E-state index contributed by atoms with van der Waals surface area (Å²) in [6, 6.07) is 3.83. The van der Waals surface area contributed by atoms with Gasteiger partial charge in [-0.1, -0.05) is 11.6 Å². The summed E-state index contributed by atoms with van der Waals surface area (Å²) in [6.07, 6.45) is 0. The van der Waals surface area contributed by atoms with Crippen molar-refractivity contribution >= 4 is 28.6 Å². The van der Waals surface area contributed by atoms with Crippen molar-refractivity contribution in [1.82, 2.24) is 9.97 Å². The Morgan fingerprint density at radius 2 is 2.07 bits per heavy atom. The number of imidazole rings is 1. The maximum atomic E-state index is 6.01. The molecule has 1 N–H and O–H groups in total. The van der Waals surface area contributed by atoms with Crippen LogP contribution in [-0.2, 0) is 0 Å². The third-order valence-corrected chi connectivity index (χ3v) is 2.66. The number of halogens is 1. The maximum Gasteiger partial charge on any atom is 0.203 e. The summed E-state index contributed by atoms with van der Waals surface area (Å²) in [7, 11) is 3.91. The lowest BCUT2D eigenvalue weighted by Gasteiger charge is -2.05. The van der Waals surface area contributed by atoms with E-state index in [-0.39, 0.29) is 0 Å². The Kier molecular flexibility index (Phi) is 2.11. The van der Waals surface area contributed by atoms with Crippen molar-refractivity contribution in [2.24, 2.45) is 0 Å². The minimum absolute atomic E-state index is 0.759. The van der Waals surface area contributed by atoms with E-state index in [0.29, 0.717) is 0 Å². The molecule has 0 aliphatic heterocycles. The number of rotatable bonds is 1. The fourth-order valence-electron chi connectivity index (χ4n) is 1.39. The Bertz CT molecular complexity index is 473. The van der Waals surface area contributed by atoms with Crippen LogP contribution in [0.5, 0.6) is 0 Å². The fourth-order valence-corrected chi connectivity index (χ4v) is 1.54. The van der Waals surface area contributed by atoms with Crippen LogP contribution in [0, 0.1) is 6.92 Å². The Balaban J connectivity index is 2.71. The van der Waals surface area contributed by atoms with Gasteiger partial charge in [0.25, 0.3) is 0 Å². The van der Waals surface area contributed by atoms with Crippen LogP contribution in [0.25, 0.3) is 11.0 Å². The van der Waals surface area contributed by atoms with E-state index in [2.05, 4.69) is 9.97 Å². The zero-order valence-electron chi connectivity index (χ0n) is 8.43. The van der Waals surface area contributed by atoms with E-state index in [1.165, 1.54) is 0 Å². The molecule has 0 unspecified atom stereocenters. The second kappa shape index (κ2) is 3.17. The highest BCUT2D eigenvalue weighted by molar-refractivity contribution is 6.32. The normalized spacial score (nSPS) is 10.9. The SMILES string of the molecule is Cc1c(Cl)ccc2[nH]c(N(C)C)nc12. The van der Waals surface area contributed by atoms with Crippen molar-refractivity contribution in [2.75, 3.05) is 19.0 Å². The van der Waals surface area contributed by atoms with E-state index in [4.69, 9.17) is 11.6 Å². The van der Waals surface area contributed by atoms with Gasteiger partial charge in [-0.25, -0.2) is 4.98 Å². The van der Waals surface area contributed by atoms with Gasteiger partial charge >= 0.3 is 0 Å². The van der Waals surface area contributed by atoms with Gasteiger partial charge in [-0.2, -0.15) is 0 Å². The molecule has 0 aliphatic rings. The van der Waals surface area contributed by atoms with Gasteiger partial charge in [0.2, 0.25) is 5.95 Å². The smallest absolute Gasteiger partial charge is 0.203 e. The number of fused-ring (bicyclic) bond motifs is 1. The second-order valence-electron chi connectivity index (χ2n) is 3.52. The molecule has 1 aromatic carbocycles. The fraction of sp³-hybridized carbons (Fsp3) is 0.300. The average molecular weight is 210 g/mol. The minimum Gasteiger partial charge on any atom is -0.349 e. The highest BCUT2D eigenvalue weighted by Crippen LogP contribution is 2.25. The van der Waals surface area contributed by atoms with Crippen LogP contribution in [0.2, 0.25) is 5.02 Å². The van der Waals surface area contributed by atoms with Crippen LogP contribution >= 0.6 is 11.6 Å². The van der Waals surface area contributed by atoms with Crippen LogP contribution < -0.4 is 4.90 Å².